The SMILES string of the molecule is COCCCS(=O)(=O)N1CCC(C)C(O)C1. The maximum absolute atomic E-state index is 11.9. The van der Waals surface area contributed by atoms with Crippen molar-refractivity contribution in [3.63, 3.8) is 0 Å². The fraction of sp³-hybridized carbons (Fsp3) is 1.00. The third-order valence-electron chi connectivity index (χ3n) is 3.03. The molecule has 0 saturated carbocycles. The van der Waals surface area contributed by atoms with Gasteiger partial charge in [-0.05, 0) is 18.8 Å². The summed E-state index contributed by atoms with van der Waals surface area (Å²) in [5.41, 5.74) is 0. The topological polar surface area (TPSA) is 66.8 Å². The van der Waals surface area contributed by atoms with E-state index in [2.05, 4.69) is 0 Å². The van der Waals surface area contributed by atoms with Gasteiger partial charge in [0.2, 0.25) is 10.0 Å². The van der Waals surface area contributed by atoms with Gasteiger partial charge in [0.25, 0.3) is 0 Å². The van der Waals surface area contributed by atoms with Crippen molar-refractivity contribution in [1.82, 2.24) is 4.31 Å². The lowest BCUT2D eigenvalue weighted by atomic mass is 9.98. The third kappa shape index (κ3) is 3.69. The number of hydrogen-bond donors (Lipinski definition) is 1. The first-order valence-electron chi connectivity index (χ1n) is 5.62. The monoisotopic (exact) mass is 251 g/mol. The van der Waals surface area contributed by atoms with Gasteiger partial charge in [-0.2, -0.15) is 4.31 Å². The van der Waals surface area contributed by atoms with Gasteiger partial charge in [0.1, 0.15) is 0 Å². The maximum Gasteiger partial charge on any atom is 0.214 e. The molecule has 1 aliphatic heterocycles. The van der Waals surface area contributed by atoms with Gasteiger partial charge in [-0.15, -0.1) is 0 Å². The number of methoxy groups -OCH3 is 1. The molecule has 2 atom stereocenters. The first-order valence-corrected chi connectivity index (χ1v) is 7.23. The predicted molar refractivity (Wildman–Crippen MR) is 61.6 cm³/mol. The molecule has 96 valence electrons. The van der Waals surface area contributed by atoms with Crippen molar-refractivity contribution in [2.45, 2.75) is 25.9 Å². The zero-order valence-corrected chi connectivity index (χ0v) is 10.7. The lowest BCUT2D eigenvalue weighted by molar-refractivity contribution is 0.0604. The number of aliphatic hydroxyl groups excluding tert-OH is 1. The molecule has 0 aliphatic carbocycles. The van der Waals surface area contributed by atoms with Crippen LogP contribution in [0, 0.1) is 5.92 Å². The van der Waals surface area contributed by atoms with Crippen LogP contribution in [0.3, 0.4) is 0 Å². The van der Waals surface area contributed by atoms with E-state index in [0.29, 0.717) is 19.6 Å². The Hall–Kier alpha value is -0.170. The summed E-state index contributed by atoms with van der Waals surface area (Å²) in [6, 6.07) is 0. The number of ether oxygens (including phenoxy) is 1. The summed E-state index contributed by atoms with van der Waals surface area (Å²) in [7, 11) is -1.66. The molecule has 0 amide bonds. The van der Waals surface area contributed by atoms with Crippen LogP contribution in [0.4, 0.5) is 0 Å². The fourth-order valence-corrected chi connectivity index (χ4v) is 3.29. The number of rotatable bonds is 5. The molecule has 1 N–H and O–H groups in total. The quantitative estimate of drug-likeness (QED) is 0.701. The second kappa shape index (κ2) is 5.95. The number of aliphatic hydroxyl groups is 1. The average Bonchev–Trinajstić information content (AvgIpc) is 2.22. The molecule has 1 aliphatic rings. The Bertz CT molecular complexity index is 304. The molecule has 0 aromatic carbocycles. The zero-order chi connectivity index (χ0) is 12.2. The largest absolute Gasteiger partial charge is 0.391 e. The van der Waals surface area contributed by atoms with Crippen molar-refractivity contribution in [3.8, 4) is 0 Å². The minimum atomic E-state index is -3.22. The van der Waals surface area contributed by atoms with Gasteiger partial charge >= 0.3 is 0 Å². The van der Waals surface area contributed by atoms with E-state index in [-0.39, 0.29) is 18.2 Å². The van der Waals surface area contributed by atoms with Gasteiger partial charge in [-0.3, -0.25) is 0 Å². The Morgan fingerprint density at radius 2 is 2.19 bits per heavy atom. The fourth-order valence-electron chi connectivity index (χ4n) is 1.79. The summed E-state index contributed by atoms with van der Waals surface area (Å²) in [5.74, 6) is 0.285. The van der Waals surface area contributed by atoms with Crippen molar-refractivity contribution in [3.05, 3.63) is 0 Å². The van der Waals surface area contributed by atoms with Crippen LogP contribution in [0.1, 0.15) is 19.8 Å². The number of hydrogen-bond acceptors (Lipinski definition) is 4. The van der Waals surface area contributed by atoms with Gasteiger partial charge in [-0.25, -0.2) is 8.42 Å². The van der Waals surface area contributed by atoms with Crippen molar-refractivity contribution in [1.29, 1.82) is 0 Å². The highest BCUT2D eigenvalue weighted by molar-refractivity contribution is 7.89. The number of sulfonamides is 1. The molecule has 1 rings (SSSR count). The van der Waals surface area contributed by atoms with E-state index < -0.39 is 16.1 Å². The number of nitrogens with zero attached hydrogens (tertiary/aromatic N) is 1. The smallest absolute Gasteiger partial charge is 0.214 e. The van der Waals surface area contributed by atoms with E-state index in [9.17, 15) is 13.5 Å². The summed E-state index contributed by atoms with van der Waals surface area (Å²) in [5, 5.41) is 9.65. The molecule has 1 saturated heterocycles. The second-order valence-corrected chi connectivity index (χ2v) is 6.44. The zero-order valence-electron chi connectivity index (χ0n) is 9.92. The number of piperidine rings is 1. The summed E-state index contributed by atoms with van der Waals surface area (Å²) in [6.07, 6.45) is 0.692. The highest BCUT2D eigenvalue weighted by Crippen LogP contribution is 2.19. The molecule has 2 unspecified atom stereocenters. The van der Waals surface area contributed by atoms with Crippen LogP contribution in [0.2, 0.25) is 0 Å². The molecule has 0 aromatic heterocycles. The molecule has 5 nitrogen and oxygen atoms in total. The minimum absolute atomic E-state index is 0.0991. The molecule has 6 heteroatoms. The molecular formula is C10H21NO4S. The van der Waals surface area contributed by atoms with E-state index >= 15 is 0 Å². The highest BCUT2D eigenvalue weighted by Gasteiger charge is 2.31. The Morgan fingerprint density at radius 1 is 1.50 bits per heavy atom. The van der Waals surface area contributed by atoms with E-state index in [4.69, 9.17) is 4.74 Å². The average molecular weight is 251 g/mol. The van der Waals surface area contributed by atoms with Crippen LogP contribution in [-0.2, 0) is 14.8 Å². The lowest BCUT2D eigenvalue weighted by Gasteiger charge is -2.33. The van der Waals surface area contributed by atoms with E-state index in [0.717, 1.165) is 6.42 Å². The molecular weight excluding hydrogens is 230 g/mol. The van der Waals surface area contributed by atoms with Crippen LogP contribution in [0.5, 0.6) is 0 Å². The Balaban J connectivity index is 2.49. The van der Waals surface area contributed by atoms with Crippen LogP contribution in [0.25, 0.3) is 0 Å². The standard InChI is InChI=1S/C10H21NO4S/c1-9-4-5-11(8-10(9)12)16(13,14)7-3-6-15-2/h9-10,12H,3-8H2,1-2H3. The van der Waals surface area contributed by atoms with Crippen LogP contribution >= 0.6 is 0 Å². The van der Waals surface area contributed by atoms with Crippen LogP contribution in [-0.4, -0.2) is 56.5 Å². The predicted octanol–water partition coefficient (Wildman–Crippen LogP) is 0.0554. The van der Waals surface area contributed by atoms with Gasteiger partial charge in [0.05, 0.1) is 11.9 Å². The van der Waals surface area contributed by atoms with Crippen molar-refractivity contribution in [2.75, 3.05) is 32.6 Å². The third-order valence-corrected chi connectivity index (χ3v) is 4.95. The maximum atomic E-state index is 11.9. The Labute approximate surface area is 97.4 Å². The molecule has 0 spiro atoms. The molecule has 1 heterocycles. The van der Waals surface area contributed by atoms with Gasteiger partial charge in [0.15, 0.2) is 0 Å². The van der Waals surface area contributed by atoms with E-state index in [1.54, 1.807) is 7.11 Å². The molecule has 0 aromatic rings. The molecule has 16 heavy (non-hydrogen) atoms. The van der Waals surface area contributed by atoms with E-state index in [1.807, 2.05) is 6.92 Å². The number of β-amino-alcohol motifs (C(OH)–C–C–N with tert-alkyl or cyclic N) is 1. The van der Waals surface area contributed by atoms with Crippen molar-refractivity contribution in [2.24, 2.45) is 5.92 Å². The van der Waals surface area contributed by atoms with Gasteiger partial charge in [0, 0.05) is 26.8 Å². The van der Waals surface area contributed by atoms with E-state index in [1.165, 1.54) is 4.31 Å². The summed E-state index contributed by atoms with van der Waals surface area (Å²) >= 11 is 0. The van der Waals surface area contributed by atoms with Crippen molar-refractivity contribution < 1.29 is 18.3 Å². The normalized spacial score (nSPS) is 28.2. The lowest BCUT2D eigenvalue weighted by Crippen LogP contribution is -2.46. The first-order chi connectivity index (χ1) is 7.47. The Morgan fingerprint density at radius 3 is 2.75 bits per heavy atom. The van der Waals surface area contributed by atoms with Crippen LogP contribution in [0.15, 0.2) is 0 Å². The second-order valence-electron chi connectivity index (χ2n) is 4.35. The molecule has 1 fully saturated rings. The van der Waals surface area contributed by atoms with Gasteiger partial charge < -0.3 is 9.84 Å². The molecule has 0 radical (unpaired) electrons. The molecule has 0 bridgehead atoms. The summed E-state index contributed by atoms with van der Waals surface area (Å²) in [4.78, 5) is 0. The Kier molecular flexibility index (Phi) is 5.17. The highest BCUT2D eigenvalue weighted by atomic mass is 32.2. The summed E-state index contributed by atoms with van der Waals surface area (Å²) in [6.45, 7) is 3.15. The van der Waals surface area contributed by atoms with Crippen LogP contribution < -0.4 is 0 Å². The first kappa shape index (κ1) is 13.9. The van der Waals surface area contributed by atoms with Gasteiger partial charge in [-0.1, -0.05) is 6.92 Å². The minimum Gasteiger partial charge on any atom is -0.391 e. The summed E-state index contributed by atoms with van der Waals surface area (Å²) < 4.78 is 30.0. The van der Waals surface area contributed by atoms with Crippen molar-refractivity contribution >= 4 is 10.0 Å².